The van der Waals surface area contributed by atoms with E-state index in [0.29, 0.717) is 37.1 Å². The van der Waals surface area contributed by atoms with Crippen molar-refractivity contribution in [3.8, 4) is 5.75 Å². The van der Waals surface area contributed by atoms with Gasteiger partial charge >= 0.3 is 6.03 Å². The number of hydrogen-bond donors (Lipinski definition) is 1. The van der Waals surface area contributed by atoms with Gasteiger partial charge in [-0.1, -0.05) is 17.7 Å². The van der Waals surface area contributed by atoms with Gasteiger partial charge in [-0.2, -0.15) is 0 Å². The number of benzene rings is 1. The quantitative estimate of drug-likeness (QED) is 0.805. The Morgan fingerprint density at radius 2 is 2.15 bits per heavy atom. The van der Waals surface area contributed by atoms with Crippen LogP contribution in [0.1, 0.15) is 11.3 Å². The van der Waals surface area contributed by atoms with Crippen LogP contribution >= 0.6 is 11.3 Å². The van der Waals surface area contributed by atoms with E-state index in [4.69, 9.17) is 4.74 Å². The summed E-state index contributed by atoms with van der Waals surface area (Å²) in [7, 11) is 1.75. The molecule has 1 aromatic carbocycles. The standard InChI is InChI=1S/C18H22N4O3S/c1-13-3-5-15(6-4-13)25-10-9-21(2)16(23)11-14-12-26-18(20-14)22-8-7-19-17(22)24/h3-6,12H,7-11H2,1-2H3,(H,19,24). The molecule has 138 valence electrons. The number of likely N-dealkylation sites (N-methyl/N-ethyl adjacent to an activating group) is 1. The van der Waals surface area contributed by atoms with Gasteiger partial charge < -0.3 is 15.0 Å². The summed E-state index contributed by atoms with van der Waals surface area (Å²) < 4.78 is 5.66. The molecule has 2 heterocycles. The molecule has 1 aliphatic rings. The number of ether oxygens (including phenoxy) is 1. The number of aryl methyl sites for hydroxylation is 1. The topological polar surface area (TPSA) is 74.8 Å². The van der Waals surface area contributed by atoms with Crippen molar-refractivity contribution >= 4 is 28.4 Å². The minimum atomic E-state index is -0.136. The maximum Gasteiger partial charge on any atom is 0.323 e. The molecule has 3 amide bonds. The van der Waals surface area contributed by atoms with E-state index in [2.05, 4.69) is 10.3 Å². The summed E-state index contributed by atoms with van der Waals surface area (Å²) in [6.45, 7) is 4.18. The van der Waals surface area contributed by atoms with Gasteiger partial charge in [-0.05, 0) is 19.1 Å². The van der Waals surface area contributed by atoms with E-state index in [1.54, 1.807) is 16.8 Å². The van der Waals surface area contributed by atoms with Gasteiger partial charge in [0.2, 0.25) is 5.91 Å². The Morgan fingerprint density at radius 1 is 1.38 bits per heavy atom. The fourth-order valence-electron chi connectivity index (χ4n) is 2.51. The minimum Gasteiger partial charge on any atom is -0.492 e. The van der Waals surface area contributed by atoms with Crippen LogP contribution in [-0.4, -0.2) is 55.1 Å². The predicted octanol–water partition coefficient (Wildman–Crippen LogP) is 2.06. The first kappa shape index (κ1) is 18.2. The lowest BCUT2D eigenvalue weighted by atomic mass is 10.2. The number of amides is 3. The van der Waals surface area contributed by atoms with Crippen LogP contribution in [0.15, 0.2) is 29.6 Å². The maximum absolute atomic E-state index is 12.3. The Labute approximate surface area is 156 Å². The van der Waals surface area contributed by atoms with Crippen molar-refractivity contribution in [2.75, 3.05) is 38.2 Å². The summed E-state index contributed by atoms with van der Waals surface area (Å²) in [4.78, 5) is 31.6. The van der Waals surface area contributed by atoms with Crippen LogP contribution < -0.4 is 15.0 Å². The summed E-state index contributed by atoms with van der Waals surface area (Å²) in [5, 5.41) is 5.20. The zero-order valence-corrected chi connectivity index (χ0v) is 15.7. The number of nitrogens with zero attached hydrogens (tertiary/aromatic N) is 3. The summed E-state index contributed by atoms with van der Waals surface area (Å²) in [5.41, 5.74) is 1.86. The summed E-state index contributed by atoms with van der Waals surface area (Å²) in [6, 6.07) is 7.68. The lowest BCUT2D eigenvalue weighted by molar-refractivity contribution is -0.129. The molecule has 0 atom stereocenters. The van der Waals surface area contributed by atoms with Crippen LogP contribution in [-0.2, 0) is 11.2 Å². The number of carbonyl (C=O) groups is 2. The van der Waals surface area contributed by atoms with Crippen LogP contribution in [0.25, 0.3) is 0 Å². The SMILES string of the molecule is Cc1ccc(OCCN(C)C(=O)Cc2csc(N3CCNC3=O)n2)cc1. The molecule has 26 heavy (non-hydrogen) atoms. The van der Waals surface area contributed by atoms with Gasteiger partial charge in [-0.15, -0.1) is 11.3 Å². The monoisotopic (exact) mass is 374 g/mol. The Morgan fingerprint density at radius 3 is 2.85 bits per heavy atom. The number of anilines is 1. The van der Waals surface area contributed by atoms with E-state index in [-0.39, 0.29) is 18.4 Å². The molecule has 0 radical (unpaired) electrons. The third kappa shape index (κ3) is 4.51. The molecule has 7 nitrogen and oxygen atoms in total. The number of hydrogen-bond acceptors (Lipinski definition) is 5. The molecule has 1 fully saturated rings. The molecular weight excluding hydrogens is 352 g/mol. The van der Waals surface area contributed by atoms with Crippen molar-refractivity contribution in [2.24, 2.45) is 0 Å². The lowest BCUT2D eigenvalue weighted by Gasteiger charge is -2.17. The fourth-order valence-corrected chi connectivity index (χ4v) is 3.35. The Kier molecular flexibility index (Phi) is 5.72. The Hall–Kier alpha value is -2.61. The second kappa shape index (κ2) is 8.18. The van der Waals surface area contributed by atoms with Crippen molar-refractivity contribution in [2.45, 2.75) is 13.3 Å². The molecule has 1 N–H and O–H groups in total. The molecule has 2 aromatic rings. The molecule has 8 heteroatoms. The number of urea groups is 1. The van der Waals surface area contributed by atoms with E-state index in [1.165, 1.54) is 16.9 Å². The number of rotatable bonds is 7. The van der Waals surface area contributed by atoms with Crippen LogP contribution in [0.3, 0.4) is 0 Å². The van der Waals surface area contributed by atoms with Gasteiger partial charge in [-0.3, -0.25) is 9.69 Å². The average Bonchev–Trinajstić information content (AvgIpc) is 3.25. The first-order valence-corrected chi connectivity index (χ1v) is 9.34. The lowest BCUT2D eigenvalue weighted by Crippen LogP contribution is -2.32. The highest BCUT2D eigenvalue weighted by Crippen LogP contribution is 2.22. The summed E-state index contributed by atoms with van der Waals surface area (Å²) >= 11 is 1.38. The third-order valence-corrected chi connectivity index (χ3v) is 5.01. The van der Waals surface area contributed by atoms with Crippen molar-refractivity contribution in [1.82, 2.24) is 15.2 Å². The molecular formula is C18H22N4O3S. The fraction of sp³-hybridized carbons (Fsp3) is 0.389. The van der Waals surface area contributed by atoms with Gasteiger partial charge in [-0.25, -0.2) is 9.78 Å². The van der Waals surface area contributed by atoms with Gasteiger partial charge in [0.15, 0.2) is 5.13 Å². The van der Waals surface area contributed by atoms with Gasteiger partial charge in [0.05, 0.1) is 18.7 Å². The van der Waals surface area contributed by atoms with Gasteiger partial charge in [0.1, 0.15) is 12.4 Å². The second-order valence-electron chi connectivity index (χ2n) is 6.16. The van der Waals surface area contributed by atoms with Crippen LogP contribution in [0.2, 0.25) is 0 Å². The van der Waals surface area contributed by atoms with Gasteiger partial charge in [0.25, 0.3) is 0 Å². The molecule has 0 saturated carbocycles. The van der Waals surface area contributed by atoms with Crippen molar-refractivity contribution in [1.29, 1.82) is 0 Å². The molecule has 3 rings (SSSR count). The molecule has 0 spiro atoms. The first-order chi connectivity index (χ1) is 12.5. The van der Waals surface area contributed by atoms with Gasteiger partial charge in [0, 0.05) is 25.5 Å². The average molecular weight is 374 g/mol. The van der Waals surface area contributed by atoms with E-state index >= 15 is 0 Å². The predicted molar refractivity (Wildman–Crippen MR) is 101 cm³/mol. The molecule has 1 aromatic heterocycles. The normalized spacial score (nSPS) is 13.6. The number of carbonyl (C=O) groups excluding carboxylic acids is 2. The smallest absolute Gasteiger partial charge is 0.323 e. The van der Waals surface area contributed by atoms with E-state index in [0.717, 1.165) is 5.75 Å². The molecule has 1 saturated heterocycles. The summed E-state index contributed by atoms with van der Waals surface area (Å²) in [5.74, 6) is 0.768. The van der Waals surface area contributed by atoms with Crippen molar-refractivity contribution < 1.29 is 14.3 Å². The van der Waals surface area contributed by atoms with Crippen molar-refractivity contribution in [3.63, 3.8) is 0 Å². The number of thiazole rings is 1. The van der Waals surface area contributed by atoms with E-state index < -0.39 is 0 Å². The number of aromatic nitrogens is 1. The number of nitrogens with one attached hydrogen (secondary N) is 1. The molecule has 1 aliphatic heterocycles. The largest absolute Gasteiger partial charge is 0.492 e. The highest BCUT2D eigenvalue weighted by molar-refractivity contribution is 7.14. The third-order valence-electron chi connectivity index (χ3n) is 4.10. The summed E-state index contributed by atoms with van der Waals surface area (Å²) in [6.07, 6.45) is 0.215. The van der Waals surface area contributed by atoms with Crippen molar-refractivity contribution in [3.05, 3.63) is 40.9 Å². The van der Waals surface area contributed by atoms with E-state index in [9.17, 15) is 9.59 Å². The maximum atomic E-state index is 12.3. The zero-order chi connectivity index (χ0) is 18.5. The zero-order valence-electron chi connectivity index (χ0n) is 14.9. The van der Waals surface area contributed by atoms with E-state index in [1.807, 2.05) is 36.6 Å². The molecule has 0 unspecified atom stereocenters. The molecule has 0 aliphatic carbocycles. The Balaban J connectivity index is 1.46. The van der Waals surface area contributed by atoms with Crippen LogP contribution in [0, 0.1) is 6.92 Å². The minimum absolute atomic E-state index is 0.0276. The van der Waals surface area contributed by atoms with Crippen LogP contribution in [0.4, 0.5) is 9.93 Å². The van der Waals surface area contributed by atoms with Crippen LogP contribution in [0.5, 0.6) is 5.75 Å². The second-order valence-corrected chi connectivity index (χ2v) is 7.00. The highest BCUT2D eigenvalue weighted by atomic mass is 32.1. The first-order valence-electron chi connectivity index (χ1n) is 8.46. The highest BCUT2D eigenvalue weighted by Gasteiger charge is 2.24. The Bertz CT molecular complexity index is 775. The molecule has 0 bridgehead atoms.